The number of ether oxygens (including phenoxy) is 2. The highest BCUT2D eigenvalue weighted by Crippen LogP contribution is 2.22. The van der Waals surface area contributed by atoms with E-state index in [2.05, 4.69) is 55.6 Å². The van der Waals surface area contributed by atoms with Gasteiger partial charge in [0, 0.05) is 6.42 Å². The predicted molar refractivity (Wildman–Crippen MR) is 170 cm³/mol. The molecule has 1 saturated heterocycles. The molecule has 1 aliphatic heterocycles. The molecule has 0 aromatic rings. The number of rotatable bonds is 24. The maximum absolute atomic E-state index is 12.7. The van der Waals surface area contributed by atoms with E-state index in [4.69, 9.17) is 9.47 Å². The largest absolute Gasteiger partial charge is 0.394 e. The Bertz CT molecular complexity index is 812. The molecule has 9 heteroatoms. The zero-order valence-electron chi connectivity index (χ0n) is 26.4. The minimum atomic E-state index is -1.58. The molecule has 0 aliphatic carbocycles. The summed E-state index contributed by atoms with van der Waals surface area (Å²) in [5, 5.41) is 53.5. The van der Waals surface area contributed by atoms with Crippen molar-refractivity contribution in [2.24, 2.45) is 0 Å². The van der Waals surface area contributed by atoms with Crippen molar-refractivity contribution in [2.75, 3.05) is 13.2 Å². The highest BCUT2D eigenvalue weighted by molar-refractivity contribution is 5.76. The molecule has 0 spiro atoms. The lowest BCUT2D eigenvalue weighted by molar-refractivity contribution is -0.302. The summed E-state index contributed by atoms with van der Waals surface area (Å²) < 4.78 is 11.1. The molecule has 7 unspecified atom stereocenters. The third-order valence-corrected chi connectivity index (χ3v) is 7.33. The van der Waals surface area contributed by atoms with Crippen molar-refractivity contribution in [1.82, 2.24) is 5.32 Å². The normalized spacial score (nSPS) is 24.5. The van der Waals surface area contributed by atoms with E-state index in [1.165, 1.54) is 25.7 Å². The highest BCUT2D eigenvalue weighted by atomic mass is 16.7. The van der Waals surface area contributed by atoms with Gasteiger partial charge in [0.1, 0.15) is 24.4 Å². The Morgan fingerprint density at radius 2 is 1.37 bits per heavy atom. The number of aliphatic hydroxyl groups is 5. The van der Waals surface area contributed by atoms with Crippen LogP contribution in [0, 0.1) is 0 Å². The van der Waals surface area contributed by atoms with E-state index in [1.807, 2.05) is 6.08 Å². The number of nitrogens with one attached hydrogen (secondary N) is 1. The van der Waals surface area contributed by atoms with Crippen LogP contribution in [0.2, 0.25) is 0 Å². The fourth-order valence-corrected chi connectivity index (χ4v) is 4.61. The first-order valence-corrected chi connectivity index (χ1v) is 16.4. The van der Waals surface area contributed by atoms with Gasteiger partial charge in [-0.05, 0) is 57.8 Å². The maximum Gasteiger partial charge on any atom is 0.220 e. The third kappa shape index (κ3) is 17.9. The van der Waals surface area contributed by atoms with Gasteiger partial charge in [0.15, 0.2) is 6.29 Å². The Balaban J connectivity index is 2.62. The fourth-order valence-electron chi connectivity index (χ4n) is 4.61. The number of amides is 1. The van der Waals surface area contributed by atoms with E-state index in [9.17, 15) is 30.3 Å². The van der Waals surface area contributed by atoms with Crippen LogP contribution in [0.5, 0.6) is 0 Å². The predicted octanol–water partition coefficient (Wildman–Crippen LogP) is 4.37. The Hall–Kier alpha value is -1.85. The highest BCUT2D eigenvalue weighted by Gasteiger charge is 2.44. The molecule has 9 nitrogen and oxygen atoms in total. The van der Waals surface area contributed by atoms with E-state index in [0.29, 0.717) is 6.42 Å². The molecule has 7 atom stereocenters. The molecule has 1 rings (SSSR count). The average molecular weight is 610 g/mol. The van der Waals surface area contributed by atoms with Gasteiger partial charge < -0.3 is 40.3 Å². The van der Waals surface area contributed by atoms with Crippen LogP contribution in [0.1, 0.15) is 104 Å². The van der Waals surface area contributed by atoms with Crippen LogP contribution in [0.3, 0.4) is 0 Å². The van der Waals surface area contributed by atoms with Crippen LogP contribution in [-0.4, -0.2) is 87.5 Å². The van der Waals surface area contributed by atoms with Gasteiger partial charge in [0.25, 0.3) is 0 Å². The molecular weight excluding hydrogens is 550 g/mol. The molecule has 43 heavy (non-hydrogen) atoms. The van der Waals surface area contributed by atoms with E-state index in [1.54, 1.807) is 6.08 Å². The van der Waals surface area contributed by atoms with E-state index in [-0.39, 0.29) is 18.9 Å². The number of carbonyl (C=O) groups excluding carboxylic acids is 1. The number of allylic oxidation sites excluding steroid dienone is 7. The lowest BCUT2D eigenvalue weighted by Gasteiger charge is -2.40. The first kappa shape index (κ1) is 39.2. The second-order valence-electron chi connectivity index (χ2n) is 11.2. The minimum absolute atomic E-state index is 0.219. The van der Waals surface area contributed by atoms with Crippen molar-refractivity contribution in [2.45, 2.75) is 147 Å². The summed E-state index contributed by atoms with van der Waals surface area (Å²) >= 11 is 0. The molecule has 1 aliphatic rings. The van der Waals surface area contributed by atoms with Crippen molar-refractivity contribution in [3.05, 3.63) is 48.6 Å². The Morgan fingerprint density at radius 1 is 0.767 bits per heavy atom. The second kappa shape index (κ2) is 25.5. The molecule has 248 valence electrons. The first-order chi connectivity index (χ1) is 20.8. The summed E-state index contributed by atoms with van der Waals surface area (Å²) in [5.74, 6) is -0.234. The van der Waals surface area contributed by atoms with Gasteiger partial charge in [-0.15, -0.1) is 0 Å². The lowest BCUT2D eigenvalue weighted by atomic mass is 9.99. The summed E-state index contributed by atoms with van der Waals surface area (Å²) in [6.07, 6.45) is 21.8. The molecule has 0 saturated carbocycles. The van der Waals surface area contributed by atoms with Crippen LogP contribution in [0.4, 0.5) is 0 Å². The van der Waals surface area contributed by atoms with Gasteiger partial charge in [0.05, 0.1) is 25.4 Å². The van der Waals surface area contributed by atoms with Crippen LogP contribution < -0.4 is 5.32 Å². The molecule has 0 aromatic carbocycles. The number of hydrogen-bond donors (Lipinski definition) is 6. The fraction of sp³-hybridized carbons (Fsp3) is 0.735. The van der Waals surface area contributed by atoms with Crippen LogP contribution >= 0.6 is 0 Å². The second-order valence-corrected chi connectivity index (χ2v) is 11.2. The number of unbranched alkanes of at least 4 members (excludes halogenated alkanes) is 8. The zero-order chi connectivity index (χ0) is 31.7. The number of aliphatic hydroxyl groups excluding tert-OH is 5. The van der Waals surface area contributed by atoms with Crippen LogP contribution in [0.25, 0.3) is 0 Å². The van der Waals surface area contributed by atoms with Crippen molar-refractivity contribution >= 4 is 5.91 Å². The Labute approximate surface area is 259 Å². The third-order valence-electron chi connectivity index (χ3n) is 7.33. The molecule has 0 bridgehead atoms. The quantitative estimate of drug-likeness (QED) is 0.0698. The van der Waals surface area contributed by atoms with Crippen LogP contribution in [-0.2, 0) is 14.3 Å². The molecule has 1 heterocycles. The molecular formula is C34H59NO8. The monoisotopic (exact) mass is 609 g/mol. The van der Waals surface area contributed by atoms with E-state index in [0.717, 1.165) is 51.4 Å². The molecule has 0 radical (unpaired) electrons. The molecule has 1 amide bonds. The van der Waals surface area contributed by atoms with Crippen molar-refractivity contribution in [3.63, 3.8) is 0 Å². The van der Waals surface area contributed by atoms with Gasteiger partial charge in [-0.2, -0.15) is 0 Å². The van der Waals surface area contributed by atoms with Gasteiger partial charge >= 0.3 is 0 Å². The summed E-state index contributed by atoms with van der Waals surface area (Å²) in [6.45, 7) is 3.56. The summed E-state index contributed by atoms with van der Waals surface area (Å²) in [7, 11) is 0. The SMILES string of the molecule is CCC/C=C/CC/C=C/CC/C=C/C(O)C(COC1OC(CO)C(O)C(O)C1O)NC(=O)CCC/C=C\CCCCCC. The summed E-state index contributed by atoms with van der Waals surface area (Å²) in [5.41, 5.74) is 0. The summed E-state index contributed by atoms with van der Waals surface area (Å²) in [4.78, 5) is 12.7. The number of carbonyl (C=O) groups is 1. The van der Waals surface area contributed by atoms with Gasteiger partial charge in [0.2, 0.25) is 5.91 Å². The summed E-state index contributed by atoms with van der Waals surface area (Å²) in [6, 6.07) is -0.837. The maximum atomic E-state index is 12.7. The van der Waals surface area contributed by atoms with Crippen LogP contribution in [0.15, 0.2) is 48.6 Å². The number of hydrogen-bond acceptors (Lipinski definition) is 8. The smallest absolute Gasteiger partial charge is 0.220 e. The van der Waals surface area contributed by atoms with Gasteiger partial charge in [-0.3, -0.25) is 4.79 Å². The van der Waals surface area contributed by atoms with Crippen molar-refractivity contribution < 1.29 is 39.8 Å². The molecule has 6 N–H and O–H groups in total. The van der Waals surface area contributed by atoms with E-state index >= 15 is 0 Å². The zero-order valence-corrected chi connectivity index (χ0v) is 26.4. The minimum Gasteiger partial charge on any atom is -0.394 e. The Kier molecular flexibility index (Phi) is 23.2. The van der Waals surface area contributed by atoms with Crippen molar-refractivity contribution in [3.8, 4) is 0 Å². The average Bonchev–Trinajstić information content (AvgIpc) is 3.00. The van der Waals surface area contributed by atoms with Gasteiger partial charge in [-0.1, -0.05) is 88.1 Å². The Morgan fingerprint density at radius 3 is 2.00 bits per heavy atom. The van der Waals surface area contributed by atoms with Crippen molar-refractivity contribution in [1.29, 1.82) is 0 Å². The topological polar surface area (TPSA) is 149 Å². The standard InChI is InChI=1S/C34H59NO8/c1-3-5-7-9-11-13-14-16-17-19-21-23-28(37)27(26-42-34-33(41)32(40)31(39)29(25-36)43-34)35-30(38)24-22-20-18-15-12-10-8-6-4-2/h7,9,14-16,18,21,23,27-29,31-34,36-37,39-41H,3-6,8,10-13,17,19-20,22,24-26H2,1-2H3,(H,35,38)/b9-7+,16-14+,18-15-,23-21+. The van der Waals surface area contributed by atoms with Gasteiger partial charge in [-0.25, -0.2) is 0 Å². The lowest BCUT2D eigenvalue weighted by Crippen LogP contribution is -2.60. The molecule has 0 aromatic heterocycles. The first-order valence-electron chi connectivity index (χ1n) is 16.4. The molecule has 1 fully saturated rings. The van der Waals surface area contributed by atoms with E-state index < -0.39 is 49.5 Å².